The Morgan fingerprint density at radius 2 is 1.86 bits per heavy atom. The van der Waals surface area contributed by atoms with E-state index in [1.54, 1.807) is 18.2 Å². The molecule has 0 saturated heterocycles. The van der Waals surface area contributed by atoms with Crippen LogP contribution in [0.15, 0.2) is 48.5 Å². The molecule has 0 saturated carbocycles. The lowest BCUT2D eigenvalue weighted by atomic mass is 10.1. The fourth-order valence-electron chi connectivity index (χ4n) is 2.61. The standard InChI is InChI=1S/C19H13Cl2F4N3O/c20-12-2-1-3-14(7-12)28-15(9-17(27-28)19(23,24)25)10-26-18(29)6-11-4-5-13(22)8-16(11)21/h1-5,7-9H,6,10H2,(H,26,29). The highest BCUT2D eigenvalue weighted by atomic mass is 35.5. The fourth-order valence-corrected chi connectivity index (χ4v) is 3.02. The van der Waals surface area contributed by atoms with E-state index in [1.165, 1.54) is 12.1 Å². The van der Waals surface area contributed by atoms with Crippen LogP contribution in [0.2, 0.25) is 10.0 Å². The summed E-state index contributed by atoms with van der Waals surface area (Å²) in [6.45, 7) is -0.215. The van der Waals surface area contributed by atoms with E-state index in [0.717, 1.165) is 22.9 Å². The Morgan fingerprint density at radius 3 is 2.52 bits per heavy atom. The summed E-state index contributed by atoms with van der Waals surface area (Å²) >= 11 is 11.8. The minimum atomic E-state index is -4.65. The van der Waals surface area contributed by atoms with Crippen LogP contribution < -0.4 is 5.32 Å². The zero-order valence-corrected chi connectivity index (χ0v) is 16.1. The summed E-state index contributed by atoms with van der Waals surface area (Å²) in [7, 11) is 0. The lowest BCUT2D eigenvalue weighted by molar-refractivity contribution is -0.141. The summed E-state index contributed by atoms with van der Waals surface area (Å²) < 4.78 is 53.5. The Balaban J connectivity index is 1.80. The molecule has 0 bridgehead atoms. The summed E-state index contributed by atoms with van der Waals surface area (Å²) in [6, 6.07) is 10.6. The molecule has 1 N–H and O–H groups in total. The largest absolute Gasteiger partial charge is 0.435 e. The zero-order chi connectivity index (χ0) is 21.2. The number of hydrogen-bond donors (Lipinski definition) is 1. The number of carbonyl (C=O) groups excluding carboxylic acids is 1. The Bertz CT molecular complexity index is 1050. The minimum absolute atomic E-state index is 0.0866. The van der Waals surface area contributed by atoms with Gasteiger partial charge in [-0.3, -0.25) is 4.79 Å². The number of hydrogen-bond acceptors (Lipinski definition) is 2. The number of aromatic nitrogens is 2. The van der Waals surface area contributed by atoms with Crippen LogP contribution in [0, 0.1) is 5.82 Å². The first-order chi connectivity index (χ1) is 13.6. The minimum Gasteiger partial charge on any atom is -0.350 e. The molecule has 1 aromatic heterocycles. The maximum absolute atomic E-state index is 13.1. The molecule has 3 rings (SSSR count). The molecule has 1 heterocycles. The van der Waals surface area contributed by atoms with Crippen LogP contribution >= 0.6 is 23.2 Å². The Labute approximate surface area is 173 Å². The molecule has 10 heteroatoms. The fraction of sp³-hybridized carbons (Fsp3) is 0.158. The van der Waals surface area contributed by atoms with Gasteiger partial charge in [0.15, 0.2) is 5.69 Å². The van der Waals surface area contributed by atoms with Gasteiger partial charge in [-0.25, -0.2) is 9.07 Å². The predicted octanol–water partition coefficient (Wildman–Crippen LogP) is 5.20. The molecular weight excluding hydrogens is 433 g/mol. The molecule has 29 heavy (non-hydrogen) atoms. The smallest absolute Gasteiger partial charge is 0.350 e. The first-order valence-electron chi connectivity index (χ1n) is 8.26. The van der Waals surface area contributed by atoms with E-state index in [-0.39, 0.29) is 23.7 Å². The van der Waals surface area contributed by atoms with Crippen molar-refractivity contribution in [2.24, 2.45) is 0 Å². The molecule has 1 amide bonds. The highest BCUT2D eigenvalue weighted by molar-refractivity contribution is 6.31. The van der Waals surface area contributed by atoms with Gasteiger partial charge in [0.1, 0.15) is 5.82 Å². The van der Waals surface area contributed by atoms with Gasteiger partial charge in [-0.1, -0.05) is 35.3 Å². The van der Waals surface area contributed by atoms with Crippen LogP contribution in [0.25, 0.3) is 5.69 Å². The normalized spacial score (nSPS) is 11.5. The van der Waals surface area contributed by atoms with E-state index in [1.807, 2.05) is 0 Å². The number of alkyl halides is 3. The average molecular weight is 446 g/mol. The van der Waals surface area contributed by atoms with Crippen molar-refractivity contribution >= 4 is 29.1 Å². The predicted molar refractivity (Wildman–Crippen MR) is 101 cm³/mol. The lowest BCUT2D eigenvalue weighted by Gasteiger charge is -2.10. The van der Waals surface area contributed by atoms with Crippen LogP contribution in [0.3, 0.4) is 0 Å². The number of benzene rings is 2. The van der Waals surface area contributed by atoms with Crippen LogP contribution in [0.4, 0.5) is 17.6 Å². The molecule has 2 aromatic carbocycles. The summed E-state index contributed by atoms with van der Waals surface area (Å²) in [4.78, 5) is 12.2. The van der Waals surface area contributed by atoms with Gasteiger partial charge in [0.05, 0.1) is 24.3 Å². The van der Waals surface area contributed by atoms with Gasteiger partial charge in [0, 0.05) is 10.0 Å². The molecule has 4 nitrogen and oxygen atoms in total. The van der Waals surface area contributed by atoms with E-state index in [2.05, 4.69) is 10.4 Å². The van der Waals surface area contributed by atoms with Crippen molar-refractivity contribution in [1.29, 1.82) is 0 Å². The molecule has 0 aliphatic rings. The maximum atomic E-state index is 13.1. The average Bonchev–Trinajstić information content (AvgIpc) is 3.07. The van der Waals surface area contributed by atoms with E-state index >= 15 is 0 Å². The third kappa shape index (κ3) is 5.27. The molecule has 0 fully saturated rings. The first kappa shape index (κ1) is 21.1. The first-order valence-corrected chi connectivity index (χ1v) is 9.02. The third-order valence-corrected chi connectivity index (χ3v) is 4.55. The van der Waals surface area contributed by atoms with Crippen molar-refractivity contribution in [2.75, 3.05) is 0 Å². The summed E-state index contributed by atoms with van der Waals surface area (Å²) in [6.07, 6.45) is -4.80. The molecule has 152 valence electrons. The topological polar surface area (TPSA) is 46.9 Å². The second-order valence-electron chi connectivity index (χ2n) is 6.10. The Kier molecular flexibility index (Phi) is 6.14. The third-order valence-electron chi connectivity index (χ3n) is 3.96. The number of rotatable bonds is 5. The summed E-state index contributed by atoms with van der Waals surface area (Å²) in [5.41, 5.74) is -0.273. The highest BCUT2D eigenvalue weighted by Gasteiger charge is 2.35. The second kappa shape index (κ2) is 8.42. The zero-order valence-electron chi connectivity index (χ0n) is 14.6. The molecule has 0 aliphatic carbocycles. The van der Waals surface area contributed by atoms with E-state index < -0.39 is 23.6 Å². The molecule has 0 radical (unpaired) electrons. The van der Waals surface area contributed by atoms with Crippen molar-refractivity contribution in [3.8, 4) is 5.69 Å². The van der Waals surface area contributed by atoms with Crippen molar-refractivity contribution < 1.29 is 22.4 Å². The number of nitrogens with zero attached hydrogens (tertiary/aromatic N) is 2. The van der Waals surface area contributed by atoms with Crippen molar-refractivity contribution in [3.05, 3.63) is 81.3 Å². The van der Waals surface area contributed by atoms with Gasteiger partial charge in [-0.2, -0.15) is 18.3 Å². The van der Waals surface area contributed by atoms with Gasteiger partial charge >= 0.3 is 6.18 Å². The van der Waals surface area contributed by atoms with Crippen molar-refractivity contribution in [2.45, 2.75) is 19.1 Å². The Morgan fingerprint density at radius 1 is 1.10 bits per heavy atom. The van der Waals surface area contributed by atoms with Gasteiger partial charge in [-0.15, -0.1) is 0 Å². The van der Waals surface area contributed by atoms with Crippen molar-refractivity contribution in [3.63, 3.8) is 0 Å². The maximum Gasteiger partial charge on any atom is 0.435 e. The van der Waals surface area contributed by atoms with E-state index in [4.69, 9.17) is 23.2 Å². The molecule has 0 aliphatic heterocycles. The van der Waals surface area contributed by atoms with Crippen molar-refractivity contribution in [1.82, 2.24) is 15.1 Å². The van der Waals surface area contributed by atoms with E-state index in [0.29, 0.717) is 16.3 Å². The monoisotopic (exact) mass is 445 g/mol. The van der Waals surface area contributed by atoms with Crippen LogP contribution in [0.5, 0.6) is 0 Å². The quantitative estimate of drug-likeness (QED) is 0.548. The summed E-state index contributed by atoms with van der Waals surface area (Å²) in [5, 5.41) is 6.54. The van der Waals surface area contributed by atoms with Gasteiger partial charge in [0.2, 0.25) is 5.91 Å². The second-order valence-corrected chi connectivity index (χ2v) is 6.94. The SMILES string of the molecule is O=C(Cc1ccc(F)cc1Cl)NCc1cc(C(F)(F)F)nn1-c1cccc(Cl)c1. The number of nitrogens with one attached hydrogen (secondary N) is 1. The van der Waals surface area contributed by atoms with Crippen LogP contribution in [-0.2, 0) is 23.9 Å². The highest BCUT2D eigenvalue weighted by Crippen LogP contribution is 2.30. The number of halogens is 6. The molecule has 3 aromatic rings. The van der Waals surface area contributed by atoms with E-state index in [9.17, 15) is 22.4 Å². The van der Waals surface area contributed by atoms with Gasteiger partial charge in [-0.05, 0) is 42.0 Å². The molecular formula is C19H13Cl2F4N3O. The van der Waals surface area contributed by atoms with Gasteiger partial charge in [0.25, 0.3) is 0 Å². The molecule has 0 unspecified atom stereocenters. The van der Waals surface area contributed by atoms with Crippen LogP contribution in [-0.4, -0.2) is 15.7 Å². The summed E-state index contributed by atoms with van der Waals surface area (Å²) in [5.74, 6) is -1.03. The number of amides is 1. The van der Waals surface area contributed by atoms with Gasteiger partial charge < -0.3 is 5.32 Å². The lowest BCUT2D eigenvalue weighted by Crippen LogP contribution is -2.26. The molecule has 0 atom stereocenters. The number of carbonyl (C=O) groups is 1. The Hall–Kier alpha value is -2.58. The molecule has 0 spiro atoms. The van der Waals surface area contributed by atoms with Crippen LogP contribution in [0.1, 0.15) is 17.0 Å².